The molecule has 0 aliphatic heterocycles. The lowest BCUT2D eigenvalue weighted by Crippen LogP contribution is -2.00. The highest BCUT2D eigenvalue weighted by atomic mass is 16.4. The number of pyridine rings is 1. The molecule has 0 spiro atoms. The molecule has 6 nitrogen and oxygen atoms in total. The number of nitrogens with one attached hydrogen (secondary N) is 1. The lowest BCUT2D eigenvalue weighted by molar-refractivity contribution is -0.136. The fraction of sp³-hybridized carbons (Fsp3) is 0.182. The first-order chi connectivity index (χ1) is 8.13. The number of aryl methyl sites for hydroxylation is 1. The molecule has 0 bridgehead atoms. The minimum absolute atomic E-state index is 0.160. The molecule has 0 unspecified atom stereocenters. The maximum Gasteiger partial charge on any atom is 0.309 e. The fourth-order valence-electron chi connectivity index (χ4n) is 1.31. The van der Waals surface area contributed by atoms with Crippen LogP contribution in [-0.2, 0) is 11.2 Å². The van der Waals surface area contributed by atoms with E-state index in [1.165, 1.54) is 6.26 Å². The van der Waals surface area contributed by atoms with Gasteiger partial charge in [0, 0.05) is 6.20 Å². The molecule has 6 heteroatoms. The minimum atomic E-state index is -0.946. The van der Waals surface area contributed by atoms with Crippen molar-refractivity contribution in [3.63, 3.8) is 0 Å². The van der Waals surface area contributed by atoms with E-state index >= 15 is 0 Å². The molecule has 2 N–H and O–H groups in total. The first-order valence-corrected chi connectivity index (χ1v) is 4.99. The minimum Gasteiger partial charge on any atom is -0.481 e. The molecule has 0 atom stereocenters. The van der Waals surface area contributed by atoms with E-state index in [0.29, 0.717) is 11.5 Å². The second kappa shape index (κ2) is 4.65. The van der Waals surface area contributed by atoms with Gasteiger partial charge in [-0.05, 0) is 24.6 Å². The van der Waals surface area contributed by atoms with Gasteiger partial charge in [0.2, 0.25) is 0 Å². The van der Waals surface area contributed by atoms with E-state index in [1.54, 1.807) is 6.20 Å². The summed E-state index contributed by atoms with van der Waals surface area (Å²) in [7, 11) is 0. The highest BCUT2D eigenvalue weighted by Crippen LogP contribution is 2.14. The monoisotopic (exact) mass is 233 g/mol. The fourth-order valence-corrected chi connectivity index (χ4v) is 1.31. The predicted molar refractivity (Wildman–Crippen MR) is 60.1 cm³/mol. The summed E-state index contributed by atoms with van der Waals surface area (Å²) in [6.07, 6.45) is 2.82. The van der Waals surface area contributed by atoms with Gasteiger partial charge in [0.1, 0.15) is 12.1 Å². The van der Waals surface area contributed by atoms with Crippen LogP contribution in [0.4, 0.5) is 11.8 Å². The van der Waals surface area contributed by atoms with E-state index in [4.69, 9.17) is 9.52 Å². The lowest BCUT2D eigenvalue weighted by Gasteiger charge is -2.00. The van der Waals surface area contributed by atoms with Crippen LogP contribution in [0.2, 0.25) is 0 Å². The zero-order chi connectivity index (χ0) is 12.3. The van der Waals surface area contributed by atoms with Gasteiger partial charge in [0.15, 0.2) is 0 Å². The topological polar surface area (TPSA) is 88.2 Å². The van der Waals surface area contributed by atoms with E-state index in [9.17, 15) is 4.79 Å². The normalized spacial score (nSPS) is 10.2. The zero-order valence-electron chi connectivity index (χ0n) is 9.17. The maximum absolute atomic E-state index is 10.5. The third kappa shape index (κ3) is 3.04. The van der Waals surface area contributed by atoms with Crippen LogP contribution < -0.4 is 5.32 Å². The lowest BCUT2D eigenvalue weighted by atomic mass is 10.3. The van der Waals surface area contributed by atoms with Crippen molar-refractivity contribution in [2.45, 2.75) is 13.3 Å². The van der Waals surface area contributed by atoms with Crippen molar-refractivity contribution >= 4 is 17.8 Å². The van der Waals surface area contributed by atoms with E-state index in [-0.39, 0.29) is 12.4 Å². The first kappa shape index (κ1) is 11.1. The molecule has 0 amide bonds. The smallest absolute Gasteiger partial charge is 0.309 e. The Bertz CT molecular complexity index is 536. The molecule has 17 heavy (non-hydrogen) atoms. The third-order valence-electron chi connectivity index (χ3n) is 2.03. The van der Waals surface area contributed by atoms with Gasteiger partial charge in [-0.1, -0.05) is 0 Å². The first-order valence-electron chi connectivity index (χ1n) is 4.99. The average molecular weight is 233 g/mol. The Morgan fingerprint density at radius 2 is 2.41 bits per heavy atom. The number of rotatable bonds is 4. The molecule has 2 aromatic heterocycles. The van der Waals surface area contributed by atoms with E-state index in [1.807, 2.05) is 19.1 Å². The number of nitrogens with zero attached hydrogens (tertiary/aromatic N) is 2. The molecule has 0 aromatic carbocycles. The number of oxazole rings is 1. The van der Waals surface area contributed by atoms with Gasteiger partial charge >= 0.3 is 12.0 Å². The molecule has 2 heterocycles. The Morgan fingerprint density at radius 1 is 1.59 bits per heavy atom. The van der Waals surface area contributed by atoms with Gasteiger partial charge < -0.3 is 9.52 Å². The summed E-state index contributed by atoms with van der Waals surface area (Å²) in [6.45, 7) is 1.94. The van der Waals surface area contributed by atoms with Gasteiger partial charge in [-0.3, -0.25) is 10.1 Å². The maximum atomic E-state index is 10.5. The summed E-state index contributed by atoms with van der Waals surface area (Å²) in [4.78, 5) is 18.5. The summed E-state index contributed by atoms with van der Waals surface area (Å²) < 4.78 is 5.08. The van der Waals surface area contributed by atoms with Crippen LogP contribution >= 0.6 is 0 Å². The van der Waals surface area contributed by atoms with E-state index < -0.39 is 5.97 Å². The Labute approximate surface area is 97.3 Å². The quantitative estimate of drug-likeness (QED) is 0.836. The van der Waals surface area contributed by atoms with Gasteiger partial charge in [-0.2, -0.15) is 4.98 Å². The zero-order valence-corrected chi connectivity index (χ0v) is 9.17. The number of carbonyl (C=O) groups is 1. The summed E-state index contributed by atoms with van der Waals surface area (Å²) >= 11 is 0. The molecule has 88 valence electrons. The third-order valence-corrected chi connectivity index (χ3v) is 2.03. The average Bonchev–Trinajstić information content (AvgIpc) is 2.64. The van der Waals surface area contributed by atoms with Crippen molar-refractivity contribution < 1.29 is 14.3 Å². The van der Waals surface area contributed by atoms with Gasteiger partial charge in [-0.25, -0.2) is 4.98 Å². The summed E-state index contributed by atoms with van der Waals surface area (Å²) in [6, 6.07) is 3.94. The molecule has 0 aliphatic rings. The van der Waals surface area contributed by atoms with Crippen LogP contribution in [0.25, 0.3) is 0 Å². The molecule has 0 aliphatic carbocycles. The Kier molecular flexibility index (Phi) is 3.04. The van der Waals surface area contributed by atoms with Crippen molar-refractivity contribution in [3.05, 3.63) is 35.9 Å². The number of aromatic nitrogens is 2. The number of carboxylic acid groups (broad SMARTS) is 1. The highest BCUT2D eigenvalue weighted by molar-refractivity contribution is 5.69. The SMILES string of the molecule is Cc1ccnc(Nc2nc(CC(=O)O)co2)c1. The Hall–Kier alpha value is -2.37. The van der Waals surface area contributed by atoms with Crippen molar-refractivity contribution in [1.29, 1.82) is 0 Å². The largest absolute Gasteiger partial charge is 0.481 e. The second-order valence-electron chi connectivity index (χ2n) is 3.56. The standard InChI is InChI=1S/C11H11N3O3/c1-7-2-3-12-9(4-7)14-11-13-8(6-17-11)5-10(15)16/h2-4,6H,5H2,1H3,(H,15,16)(H,12,13,14). The molecule has 0 fully saturated rings. The van der Waals surface area contributed by atoms with Crippen LogP contribution in [0.5, 0.6) is 0 Å². The number of carboxylic acids is 1. The number of hydrogen-bond donors (Lipinski definition) is 2. The van der Waals surface area contributed by atoms with Crippen LogP contribution in [-0.4, -0.2) is 21.0 Å². The molecule has 2 aromatic rings. The molecular weight excluding hydrogens is 222 g/mol. The van der Waals surface area contributed by atoms with Crippen LogP contribution in [0.3, 0.4) is 0 Å². The number of anilines is 2. The van der Waals surface area contributed by atoms with E-state index in [0.717, 1.165) is 5.56 Å². The summed E-state index contributed by atoms with van der Waals surface area (Å²) in [5.74, 6) is -0.341. The number of aliphatic carboxylic acids is 1. The van der Waals surface area contributed by atoms with Gasteiger partial charge in [-0.15, -0.1) is 0 Å². The molecular formula is C11H11N3O3. The highest BCUT2D eigenvalue weighted by Gasteiger charge is 2.08. The van der Waals surface area contributed by atoms with Crippen molar-refractivity contribution in [2.75, 3.05) is 5.32 Å². The molecule has 0 saturated heterocycles. The molecule has 0 radical (unpaired) electrons. The van der Waals surface area contributed by atoms with Gasteiger partial charge in [0.25, 0.3) is 0 Å². The molecule has 0 saturated carbocycles. The predicted octanol–water partition coefficient (Wildman–Crippen LogP) is 1.75. The second-order valence-corrected chi connectivity index (χ2v) is 3.56. The van der Waals surface area contributed by atoms with E-state index in [2.05, 4.69) is 15.3 Å². The summed E-state index contributed by atoms with van der Waals surface area (Å²) in [5, 5.41) is 11.4. The molecule has 2 rings (SSSR count). The Morgan fingerprint density at radius 3 is 3.12 bits per heavy atom. The van der Waals surface area contributed by atoms with Crippen LogP contribution in [0.1, 0.15) is 11.3 Å². The van der Waals surface area contributed by atoms with Gasteiger partial charge in [0.05, 0.1) is 12.1 Å². The van der Waals surface area contributed by atoms with Crippen molar-refractivity contribution in [3.8, 4) is 0 Å². The van der Waals surface area contributed by atoms with Crippen LogP contribution in [0, 0.1) is 6.92 Å². The van der Waals surface area contributed by atoms with Crippen LogP contribution in [0.15, 0.2) is 29.0 Å². The Balaban J connectivity index is 2.08. The van der Waals surface area contributed by atoms with Crippen molar-refractivity contribution in [2.24, 2.45) is 0 Å². The number of hydrogen-bond acceptors (Lipinski definition) is 5. The van der Waals surface area contributed by atoms with Crippen molar-refractivity contribution in [1.82, 2.24) is 9.97 Å². The summed E-state index contributed by atoms with van der Waals surface area (Å²) in [5.41, 5.74) is 1.42.